The van der Waals surface area contributed by atoms with Crippen LogP contribution >= 0.6 is 0 Å². The third kappa shape index (κ3) is 8.43. The van der Waals surface area contributed by atoms with Gasteiger partial charge in [0.1, 0.15) is 5.60 Å². The van der Waals surface area contributed by atoms with Crippen LogP contribution in [0.3, 0.4) is 0 Å². The lowest BCUT2D eigenvalue weighted by molar-refractivity contribution is 0.0528. The van der Waals surface area contributed by atoms with E-state index in [4.69, 9.17) is 4.74 Å². The molecule has 0 saturated heterocycles. The molecule has 0 fully saturated rings. The number of alkyl carbamates (subject to hydrolysis) is 1. The van der Waals surface area contributed by atoms with Gasteiger partial charge in [-0.3, -0.25) is 4.72 Å². The van der Waals surface area contributed by atoms with Crippen LogP contribution in [0.4, 0.5) is 10.5 Å². The lowest BCUT2D eigenvalue weighted by Crippen LogP contribution is -2.33. The summed E-state index contributed by atoms with van der Waals surface area (Å²) < 4.78 is 32.3. The summed E-state index contributed by atoms with van der Waals surface area (Å²) in [7, 11) is -3.41. The van der Waals surface area contributed by atoms with Crippen LogP contribution in [0.5, 0.6) is 0 Å². The van der Waals surface area contributed by atoms with Crippen molar-refractivity contribution in [1.82, 2.24) is 5.32 Å². The summed E-state index contributed by atoms with van der Waals surface area (Å²) in [6.45, 7) is 5.88. The Morgan fingerprint density at radius 2 is 1.54 bits per heavy atom. The Hall–Kier alpha value is -2.54. The third-order valence-corrected chi connectivity index (χ3v) is 5.10. The molecule has 28 heavy (non-hydrogen) atoms. The molecule has 0 atom stereocenters. The Morgan fingerprint density at radius 1 is 0.929 bits per heavy atom. The van der Waals surface area contributed by atoms with Crippen molar-refractivity contribution >= 4 is 21.8 Å². The number of nitrogens with one attached hydrogen (secondary N) is 2. The smallest absolute Gasteiger partial charge is 0.407 e. The number of sulfonamides is 1. The minimum absolute atomic E-state index is 0.0264. The van der Waals surface area contributed by atoms with Crippen molar-refractivity contribution in [3.8, 4) is 0 Å². The highest BCUT2D eigenvalue weighted by atomic mass is 32.2. The van der Waals surface area contributed by atoms with Crippen molar-refractivity contribution in [3.05, 3.63) is 65.7 Å². The minimum Gasteiger partial charge on any atom is -0.444 e. The molecule has 2 rings (SSSR count). The maximum atomic E-state index is 12.2. The Morgan fingerprint density at radius 3 is 2.14 bits per heavy atom. The second-order valence-corrected chi connectivity index (χ2v) is 9.37. The van der Waals surface area contributed by atoms with Crippen molar-refractivity contribution in [2.45, 2.75) is 39.2 Å². The van der Waals surface area contributed by atoms with Gasteiger partial charge in [0.15, 0.2) is 0 Å². The summed E-state index contributed by atoms with van der Waals surface area (Å²) in [5.74, 6) is 0.0264. The van der Waals surface area contributed by atoms with Crippen LogP contribution in [0.1, 0.15) is 31.9 Å². The Bertz CT molecular complexity index is 858. The first-order chi connectivity index (χ1) is 13.1. The zero-order valence-electron chi connectivity index (χ0n) is 16.6. The van der Waals surface area contributed by atoms with Crippen LogP contribution in [-0.2, 0) is 27.6 Å². The standard InChI is InChI=1S/C21H28N2O4S/c1-21(2,3)27-20(24)22-15-13-18-9-11-19(12-10-18)23-28(25,26)16-14-17-7-5-4-6-8-17/h4-12,23H,13-16H2,1-3H3,(H,22,24). The predicted octanol–water partition coefficient (Wildman–Crippen LogP) is 3.74. The molecule has 1 amide bonds. The maximum absolute atomic E-state index is 12.2. The predicted molar refractivity (Wildman–Crippen MR) is 112 cm³/mol. The van der Waals surface area contributed by atoms with Crippen molar-refractivity contribution in [1.29, 1.82) is 0 Å². The fourth-order valence-electron chi connectivity index (χ4n) is 2.49. The van der Waals surface area contributed by atoms with E-state index in [2.05, 4.69) is 10.0 Å². The summed E-state index contributed by atoms with van der Waals surface area (Å²) in [4.78, 5) is 11.6. The lowest BCUT2D eigenvalue weighted by Gasteiger charge is -2.19. The third-order valence-electron chi connectivity index (χ3n) is 3.81. The van der Waals surface area contributed by atoms with Gasteiger partial charge in [0, 0.05) is 12.2 Å². The highest BCUT2D eigenvalue weighted by molar-refractivity contribution is 7.92. The van der Waals surface area contributed by atoms with Gasteiger partial charge in [0.2, 0.25) is 10.0 Å². The molecule has 2 aromatic rings. The van der Waals surface area contributed by atoms with Gasteiger partial charge in [-0.05, 0) is 56.9 Å². The molecule has 0 radical (unpaired) electrons. The minimum atomic E-state index is -3.41. The molecule has 0 aliphatic rings. The van der Waals surface area contributed by atoms with Gasteiger partial charge in [-0.15, -0.1) is 0 Å². The number of carbonyl (C=O) groups excluding carboxylic acids is 1. The number of aryl methyl sites for hydroxylation is 1. The van der Waals surface area contributed by atoms with Crippen molar-refractivity contribution in [3.63, 3.8) is 0 Å². The molecule has 0 aromatic heterocycles. The van der Waals surface area contributed by atoms with E-state index in [1.165, 1.54) is 0 Å². The Balaban J connectivity index is 1.79. The highest BCUT2D eigenvalue weighted by Crippen LogP contribution is 2.13. The fourth-order valence-corrected chi connectivity index (χ4v) is 3.59. The molecule has 0 spiro atoms. The SMILES string of the molecule is CC(C)(C)OC(=O)NCCc1ccc(NS(=O)(=O)CCc2ccccc2)cc1. The van der Waals surface area contributed by atoms with Gasteiger partial charge in [-0.25, -0.2) is 13.2 Å². The molecule has 0 aliphatic heterocycles. The maximum Gasteiger partial charge on any atom is 0.407 e. The van der Waals surface area contributed by atoms with E-state index in [1.54, 1.807) is 12.1 Å². The number of hydrogen-bond acceptors (Lipinski definition) is 4. The quantitative estimate of drug-likeness (QED) is 0.702. The van der Waals surface area contributed by atoms with Gasteiger partial charge in [0.05, 0.1) is 5.75 Å². The van der Waals surface area contributed by atoms with E-state index in [0.717, 1.165) is 11.1 Å². The lowest BCUT2D eigenvalue weighted by atomic mass is 10.1. The number of benzene rings is 2. The molecule has 6 nitrogen and oxygen atoms in total. The molecular formula is C21H28N2O4S. The van der Waals surface area contributed by atoms with Gasteiger partial charge < -0.3 is 10.1 Å². The van der Waals surface area contributed by atoms with Crippen molar-refractivity contribution in [2.24, 2.45) is 0 Å². The normalized spacial score (nSPS) is 11.7. The van der Waals surface area contributed by atoms with Gasteiger partial charge >= 0.3 is 6.09 Å². The van der Waals surface area contributed by atoms with Crippen LogP contribution in [0, 0.1) is 0 Å². The van der Waals surface area contributed by atoms with E-state index in [-0.39, 0.29) is 5.75 Å². The second-order valence-electron chi connectivity index (χ2n) is 7.53. The number of anilines is 1. The van der Waals surface area contributed by atoms with Gasteiger partial charge in [-0.2, -0.15) is 0 Å². The molecule has 2 N–H and O–H groups in total. The number of rotatable bonds is 8. The molecule has 0 aliphatic carbocycles. The van der Waals surface area contributed by atoms with Crippen molar-refractivity contribution in [2.75, 3.05) is 17.0 Å². The monoisotopic (exact) mass is 404 g/mol. The van der Waals surface area contributed by atoms with E-state index < -0.39 is 21.7 Å². The number of ether oxygens (including phenoxy) is 1. The molecular weight excluding hydrogens is 376 g/mol. The first kappa shape index (κ1) is 21.8. The van der Waals surface area contributed by atoms with Crippen LogP contribution in [0.15, 0.2) is 54.6 Å². The fraction of sp³-hybridized carbons (Fsp3) is 0.381. The van der Waals surface area contributed by atoms with Gasteiger partial charge in [-0.1, -0.05) is 42.5 Å². The average Bonchev–Trinajstić information content (AvgIpc) is 2.61. The molecule has 7 heteroatoms. The summed E-state index contributed by atoms with van der Waals surface area (Å²) in [6.07, 6.45) is 0.639. The van der Waals surface area contributed by atoms with E-state index in [0.29, 0.717) is 25.1 Å². The molecule has 0 unspecified atom stereocenters. The Kier molecular flexibility index (Phi) is 7.45. The van der Waals surface area contributed by atoms with Gasteiger partial charge in [0.25, 0.3) is 0 Å². The van der Waals surface area contributed by atoms with Crippen LogP contribution in [-0.4, -0.2) is 32.4 Å². The largest absolute Gasteiger partial charge is 0.444 e. The number of carbonyl (C=O) groups is 1. The van der Waals surface area contributed by atoms with Crippen LogP contribution < -0.4 is 10.0 Å². The molecule has 0 heterocycles. The molecule has 152 valence electrons. The van der Waals surface area contributed by atoms with Crippen molar-refractivity contribution < 1.29 is 17.9 Å². The number of hydrogen-bond donors (Lipinski definition) is 2. The average molecular weight is 405 g/mol. The first-order valence-electron chi connectivity index (χ1n) is 9.23. The van der Waals surface area contributed by atoms with E-state index in [1.807, 2.05) is 63.2 Å². The zero-order valence-corrected chi connectivity index (χ0v) is 17.4. The first-order valence-corrected chi connectivity index (χ1v) is 10.9. The molecule has 0 bridgehead atoms. The molecule has 2 aromatic carbocycles. The number of amides is 1. The van der Waals surface area contributed by atoms with Crippen LogP contribution in [0.2, 0.25) is 0 Å². The second kappa shape index (κ2) is 9.59. The Labute approximate surface area is 167 Å². The van der Waals surface area contributed by atoms with E-state index in [9.17, 15) is 13.2 Å². The summed E-state index contributed by atoms with van der Waals surface area (Å²) in [5, 5.41) is 2.70. The van der Waals surface area contributed by atoms with E-state index >= 15 is 0 Å². The topological polar surface area (TPSA) is 84.5 Å². The highest BCUT2D eigenvalue weighted by Gasteiger charge is 2.15. The summed E-state index contributed by atoms with van der Waals surface area (Å²) in [5.41, 5.74) is 1.98. The molecule has 0 saturated carbocycles. The summed E-state index contributed by atoms with van der Waals surface area (Å²) >= 11 is 0. The zero-order chi connectivity index (χ0) is 20.6. The van der Waals surface area contributed by atoms with Crippen LogP contribution in [0.25, 0.3) is 0 Å². The summed E-state index contributed by atoms with van der Waals surface area (Å²) in [6, 6.07) is 16.6.